The molecule has 5 heteroatoms. The Kier molecular flexibility index (Phi) is 6.34. The SMILES string of the molecule is CCOCC(O)CNc1ccc(Br)cc1Br. The van der Waals surface area contributed by atoms with Gasteiger partial charge in [-0.1, -0.05) is 15.9 Å². The highest BCUT2D eigenvalue weighted by molar-refractivity contribution is 9.11. The Labute approximate surface area is 112 Å². The highest BCUT2D eigenvalue weighted by Gasteiger charge is 2.05. The van der Waals surface area contributed by atoms with Crippen LogP contribution in [0.15, 0.2) is 27.1 Å². The summed E-state index contributed by atoms with van der Waals surface area (Å²) in [6, 6.07) is 5.85. The zero-order valence-electron chi connectivity index (χ0n) is 9.04. The van der Waals surface area contributed by atoms with Crippen LogP contribution in [0.5, 0.6) is 0 Å². The molecule has 0 amide bonds. The minimum Gasteiger partial charge on any atom is -0.389 e. The number of hydrogen-bond acceptors (Lipinski definition) is 3. The van der Waals surface area contributed by atoms with Gasteiger partial charge >= 0.3 is 0 Å². The number of nitrogens with one attached hydrogen (secondary N) is 1. The van der Waals surface area contributed by atoms with Crippen LogP contribution in [-0.4, -0.2) is 31.0 Å². The van der Waals surface area contributed by atoms with Crippen molar-refractivity contribution in [1.82, 2.24) is 0 Å². The molecule has 0 spiro atoms. The van der Waals surface area contributed by atoms with Crippen LogP contribution < -0.4 is 5.32 Å². The lowest BCUT2D eigenvalue weighted by molar-refractivity contribution is 0.0496. The predicted octanol–water partition coefficient (Wildman–Crippen LogP) is 3.02. The van der Waals surface area contributed by atoms with Crippen molar-refractivity contribution in [2.75, 3.05) is 25.1 Å². The van der Waals surface area contributed by atoms with Gasteiger partial charge < -0.3 is 15.2 Å². The fourth-order valence-corrected chi connectivity index (χ4v) is 2.36. The van der Waals surface area contributed by atoms with Crippen molar-refractivity contribution in [3.8, 4) is 0 Å². The smallest absolute Gasteiger partial charge is 0.0945 e. The van der Waals surface area contributed by atoms with Gasteiger partial charge in [-0.25, -0.2) is 0 Å². The molecular weight excluding hydrogens is 338 g/mol. The molecule has 0 aliphatic rings. The Bertz CT molecular complexity index is 334. The Balaban J connectivity index is 2.42. The normalized spacial score (nSPS) is 12.5. The third kappa shape index (κ3) is 4.82. The highest BCUT2D eigenvalue weighted by Crippen LogP contribution is 2.25. The number of halogens is 2. The van der Waals surface area contributed by atoms with E-state index in [1.165, 1.54) is 0 Å². The number of anilines is 1. The average molecular weight is 353 g/mol. The number of benzene rings is 1. The van der Waals surface area contributed by atoms with E-state index in [-0.39, 0.29) is 0 Å². The molecule has 0 saturated heterocycles. The first-order valence-corrected chi connectivity index (χ1v) is 6.66. The van der Waals surface area contributed by atoms with Gasteiger partial charge in [0, 0.05) is 27.8 Å². The van der Waals surface area contributed by atoms with E-state index < -0.39 is 6.10 Å². The maximum atomic E-state index is 9.58. The molecule has 2 N–H and O–H groups in total. The van der Waals surface area contributed by atoms with Crippen molar-refractivity contribution in [2.24, 2.45) is 0 Å². The molecule has 16 heavy (non-hydrogen) atoms. The van der Waals surface area contributed by atoms with Gasteiger partial charge in [0.05, 0.1) is 12.7 Å². The first-order valence-electron chi connectivity index (χ1n) is 5.08. The van der Waals surface area contributed by atoms with E-state index in [2.05, 4.69) is 37.2 Å². The van der Waals surface area contributed by atoms with E-state index in [0.29, 0.717) is 19.8 Å². The van der Waals surface area contributed by atoms with E-state index in [0.717, 1.165) is 14.6 Å². The lowest BCUT2D eigenvalue weighted by Crippen LogP contribution is -2.24. The van der Waals surface area contributed by atoms with Gasteiger partial charge in [0.25, 0.3) is 0 Å². The molecule has 1 aromatic carbocycles. The lowest BCUT2D eigenvalue weighted by atomic mass is 10.3. The number of hydrogen-bond donors (Lipinski definition) is 2. The van der Waals surface area contributed by atoms with E-state index in [1.54, 1.807) is 0 Å². The summed E-state index contributed by atoms with van der Waals surface area (Å²) in [5.74, 6) is 0. The molecule has 0 aliphatic carbocycles. The standard InChI is InChI=1S/C11H15Br2NO2/c1-2-16-7-9(15)6-14-11-4-3-8(12)5-10(11)13/h3-5,9,14-15H,2,6-7H2,1H3. The molecule has 0 heterocycles. The van der Waals surface area contributed by atoms with Crippen LogP contribution in [0.25, 0.3) is 0 Å². The van der Waals surface area contributed by atoms with Gasteiger partial charge in [-0.15, -0.1) is 0 Å². The first kappa shape index (κ1) is 14.0. The topological polar surface area (TPSA) is 41.5 Å². The second-order valence-corrected chi connectivity index (χ2v) is 5.09. The van der Waals surface area contributed by atoms with E-state index in [9.17, 15) is 5.11 Å². The monoisotopic (exact) mass is 351 g/mol. The molecule has 1 atom stereocenters. The second kappa shape index (κ2) is 7.27. The van der Waals surface area contributed by atoms with Crippen molar-refractivity contribution >= 4 is 37.5 Å². The van der Waals surface area contributed by atoms with E-state index in [1.807, 2.05) is 25.1 Å². The van der Waals surface area contributed by atoms with Gasteiger partial charge in [-0.05, 0) is 41.1 Å². The van der Waals surface area contributed by atoms with Crippen LogP contribution in [0.4, 0.5) is 5.69 Å². The maximum absolute atomic E-state index is 9.58. The molecule has 0 saturated carbocycles. The molecule has 1 unspecified atom stereocenters. The summed E-state index contributed by atoms with van der Waals surface area (Å²) in [6.07, 6.45) is -0.490. The van der Waals surface area contributed by atoms with Crippen LogP contribution in [-0.2, 0) is 4.74 Å². The maximum Gasteiger partial charge on any atom is 0.0945 e. The minimum atomic E-state index is -0.490. The summed E-state index contributed by atoms with van der Waals surface area (Å²) < 4.78 is 7.10. The van der Waals surface area contributed by atoms with Gasteiger partial charge in [0.15, 0.2) is 0 Å². The minimum absolute atomic E-state index is 0.359. The summed E-state index contributed by atoms with van der Waals surface area (Å²) in [5, 5.41) is 12.7. The molecule has 1 rings (SSSR count). The summed E-state index contributed by atoms with van der Waals surface area (Å²) >= 11 is 6.83. The van der Waals surface area contributed by atoms with Gasteiger partial charge in [0.1, 0.15) is 0 Å². The highest BCUT2D eigenvalue weighted by atomic mass is 79.9. The molecule has 0 fully saturated rings. The molecule has 3 nitrogen and oxygen atoms in total. The Morgan fingerprint density at radius 1 is 1.44 bits per heavy atom. The summed E-state index contributed by atoms with van der Waals surface area (Å²) in [6.45, 7) is 3.36. The third-order valence-electron chi connectivity index (χ3n) is 1.97. The number of rotatable bonds is 6. The molecule has 0 aromatic heterocycles. The first-order chi connectivity index (χ1) is 7.63. The van der Waals surface area contributed by atoms with Crippen LogP contribution in [0.2, 0.25) is 0 Å². The zero-order chi connectivity index (χ0) is 12.0. The van der Waals surface area contributed by atoms with Crippen molar-refractivity contribution in [2.45, 2.75) is 13.0 Å². The molecule has 90 valence electrons. The van der Waals surface area contributed by atoms with E-state index in [4.69, 9.17) is 4.74 Å². The Hall–Kier alpha value is -0.100. The second-order valence-electron chi connectivity index (χ2n) is 3.32. The van der Waals surface area contributed by atoms with Crippen molar-refractivity contribution in [3.05, 3.63) is 27.1 Å². The number of aliphatic hydroxyl groups is 1. The number of ether oxygens (including phenoxy) is 1. The Morgan fingerprint density at radius 2 is 2.19 bits per heavy atom. The quantitative estimate of drug-likeness (QED) is 0.826. The van der Waals surface area contributed by atoms with Crippen molar-refractivity contribution in [3.63, 3.8) is 0 Å². The van der Waals surface area contributed by atoms with Crippen LogP contribution in [0.3, 0.4) is 0 Å². The van der Waals surface area contributed by atoms with Gasteiger partial charge in [-0.3, -0.25) is 0 Å². The summed E-state index contributed by atoms with van der Waals surface area (Å²) in [5.41, 5.74) is 0.957. The molecule has 1 aromatic rings. The average Bonchev–Trinajstić information content (AvgIpc) is 2.25. The molecular formula is C11H15Br2NO2. The lowest BCUT2D eigenvalue weighted by Gasteiger charge is -2.13. The Morgan fingerprint density at radius 3 is 2.81 bits per heavy atom. The fraction of sp³-hybridized carbons (Fsp3) is 0.455. The molecule has 0 aliphatic heterocycles. The summed E-state index contributed by atoms with van der Waals surface area (Å²) in [7, 11) is 0. The molecule has 0 radical (unpaired) electrons. The van der Waals surface area contributed by atoms with Gasteiger partial charge in [0.2, 0.25) is 0 Å². The van der Waals surface area contributed by atoms with Crippen LogP contribution in [0, 0.1) is 0 Å². The zero-order valence-corrected chi connectivity index (χ0v) is 12.2. The van der Waals surface area contributed by atoms with E-state index >= 15 is 0 Å². The van der Waals surface area contributed by atoms with Crippen LogP contribution in [0.1, 0.15) is 6.92 Å². The van der Waals surface area contributed by atoms with Crippen molar-refractivity contribution < 1.29 is 9.84 Å². The predicted molar refractivity (Wildman–Crippen MR) is 72.8 cm³/mol. The third-order valence-corrected chi connectivity index (χ3v) is 3.12. The van der Waals surface area contributed by atoms with Crippen molar-refractivity contribution in [1.29, 1.82) is 0 Å². The number of aliphatic hydroxyl groups excluding tert-OH is 1. The summed E-state index contributed by atoms with van der Waals surface area (Å²) in [4.78, 5) is 0. The largest absolute Gasteiger partial charge is 0.389 e. The van der Waals surface area contributed by atoms with Gasteiger partial charge in [-0.2, -0.15) is 0 Å². The molecule has 0 bridgehead atoms. The fourth-order valence-electron chi connectivity index (χ4n) is 1.17. The van der Waals surface area contributed by atoms with Crippen LogP contribution >= 0.6 is 31.9 Å².